The zero-order chi connectivity index (χ0) is 16.7. The topological polar surface area (TPSA) is 49.7 Å². The van der Waals surface area contributed by atoms with E-state index in [0.717, 1.165) is 19.6 Å². The minimum absolute atomic E-state index is 0.119. The van der Waals surface area contributed by atoms with Crippen LogP contribution in [0.25, 0.3) is 0 Å². The van der Waals surface area contributed by atoms with Gasteiger partial charge in [-0.3, -0.25) is 10.00 Å². The van der Waals surface area contributed by atoms with Crippen molar-refractivity contribution < 1.29 is 0 Å². The number of aromatic nitrogens is 4. The van der Waals surface area contributed by atoms with Crippen LogP contribution in [0, 0.1) is 0 Å². The Morgan fingerprint density at radius 3 is 2.92 bits per heavy atom. The molecule has 2 aromatic heterocycles. The number of aryl methyl sites for hydroxylation is 1. The second-order valence-electron chi connectivity index (χ2n) is 8.45. The second kappa shape index (κ2) is 6.03. The molecule has 1 aliphatic heterocycles. The highest BCUT2D eigenvalue weighted by molar-refractivity contribution is 5.23. The average molecular weight is 327 g/mol. The highest BCUT2D eigenvalue weighted by Crippen LogP contribution is 2.30. The highest BCUT2D eigenvalue weighted by atomic mass is 15.2. The summed E-state index contributed by atoms with van der Waals surface area (Å²) in [6.45, 7) is 10.0. The number of hydrogen-bond donors (Lipinski definition) is 1. The summed E-state index contributed by atoms with van der Waals surface area (Å²) in [6, 6.07) is 0.587. The molecule has 0 bridgehead atoms. The number of aromatic amines is 1. The van der Waals surface area contributed by atoms with Crippen molar-refractivity contribution in [1.82, 2.24) is 24.6 Å². The predicted octanol–water partition coefficient (Wildman–Crippen LogP) is 3.23. The quantitative estimate of drug-likeness (QED) is 0.941. The zero-order valence-electron chi connectivity index (χ0n) is 15.2. The molecule has 0 spiro atoms. The molecule has 0 saturated carbocycles. The van der Waals surface area contributed by atoms with Gasteiger partial charge in [0.05, 0.1) is 18.2 Å². The summed E-state index contributed by atoms with van der Waals surface area (Å²) in [7, 11) is 0. The third kappa shape index (κ3) is 2.90. The summed E-state index contributed by atoms with van der Waals surface area (Å²) < 4.78 is 2.48. The van der Waals surface area contributed by atoms with E-state index in [0.29, 0.717) is 6.04 Å². The van der Waals surface area contributed by atoms with Crippen molar-refractivity contribution in [3.8, 4) is 0 Å². The van der Waals surface area contributed by atoms with Crippen LogP contribution in [0.4, 0.5) is 0 Å². The van der Waals surface area contributed by atoms with Crippen LogP contribution in [0.5, 0.6) is 0 Å². The monoisotopic (exact) mass is 327 g/mol. The first kappa shape index (κ1) is 15.9. The molecule has 1 aliphatic carbocycles. The fraction of sp³-hybridized carbons (Fsp3) is 0.684. The standard InChI is InChI=1S/C19H29N5/c1-19(2,3)18-14(10-21-22-18)11-23-9-8-15(12-23)24-13-20-16-6-4-5-7-17(16)24/h10,13,15H,4-9,11-12H2,1-3H3,(H,21,22)/t15-/m0/s1. The first-order chi connectivity index (χ1) is 11.5. The van der Waals surface area contributed by atoms with Gasteiger partial charge in [-0.2, -0.15) is 5.10 Å². The van der Waals surface area contributed by atoms with Crippen LogP contribution in [0.2, 0.25) is 0 Å². The largest absolute Gasteiger partial charge is 0.330 e. The molecule has 2 aliphatic rings. The first-order valence-electron chi connectivity index (χ1n) is 9.32. The van der Waals surface area contributed by atoms with Gasteiger partial charge in [0, 0.05) is 48.0 Å². The van der Waals surface area contributed by atoms with Crippen LogP contribution in [-0.2, 0) is 24.8 Å². The van der Waals surface area contributed by atoms with Gasteiger partial charge in [0.2, 0.25) is 0 Å². The van der Waals surface area contributed by atoms with Crippen LogP contribution >= 0.6 is 0 Å². The van der Waals surface area contributed by atoms with Gasteiger partial charge in [-0.05, 0) is 32.1 Å². The number of nitrogens with one attached hydrogen (secondary N) is 1. The number of fused-ring (bicyclic) bond motifs is 1. The van der Waals surface area contributed by atoms with Gasteiger partial charge in [0.25, 0.3) is 0 Å². The number of likely N-dealkylation sites (tertiary alicyclic amines) is 1. The van der Waals surface area contributed by atoms with Crippen LogP contribution < -0.4 is 0 Å². The number of rotatable bonds is 3. The van der Waals surface area contributed by atoms with E-state index in [1.165, 1.54) is 54.7 Å². The third-order valence-corrected chi connectivity index (χ3v) is 5.56. The van der Waals surface area contributed by atoms with Crippen molar-refractivity contribution in [2.45, 2.75) is 70.9 Å². The number of hydrogen-bond acceptors (Lipinski definition) is 3. The van der Waals surface area contributed by atoms with Crippen LogP contribution in [0.3, 0.4) is 0 Å². The first-order valence-corrected chi connectivity index (χ1v) is 9.32. The molecule has 1 fully saturated rings. The fourth-order valence-electron chi connectivity index (χ4n) is 4.31. The minimum atomic E-state index is 0.119. The Bertz CT molecular complexity index is 706. The van der Waals surface area contributed by atoms with Gasteiger partial charge in [0.1, 0.15) is 0 Å². The Labute approximate surface area is 144 Å². The van der Waals surface area contributed by atoms with Crippen molar-refractivity contribution in [3.63, 3.8) is 0 Å². The van der Waals surface area contributed by atoms with Crippen LogP contribution in [0.15, 0.2) is 12.5 Å². The zero-order valence-corrected chi connectivity index (χ0v) is 15.2. The molecular formula is C19H29N5. The summed E-state index contributed by atoms with van der Waals surface area (Å²) >= 11 is 0. The smallest absolute Gasteiger partial charge is 0.0954 e. The van der Waals surface area contributed by atoms with Crippen molar-refractivity contribution in [1.29, 1.82) is 0 Å². The lowest BCUT2D eigenvalue weighted by atomic mass is 9.89. The molecule has 24 heavy (non-hydrogen) atoms. The van der Waals surface area contributed by atoms with Gasteiger partial charge in [0.15, 0.2) is 0 Å². The van der Waals surface area contributed by atoms with E-state index in [-0.39, 0.29) is 5.41 Å². The Balaban J connectivity index is 1.46. The summed E-state index contributed by atoms with van der Waals surface area (Å²) in [5.41, 5.74) is 5.59. The normalized spacial score (nSPS) is 22.0. The summed E-state index contributed by atoms with van der Waals surface area (Å²) in [5.74, 6) is 0. The van der Waals surface area contributed by atoms with Gasteiger partial charge in [-0.1, -0.05) is 20.8 Å². The maximum absolute atomic E-state index is 4.68. The Kier molecular flexibility index (Phi) is 3.99. The van der Waals surface area contributed by atoms with E-state index >= 15 is 0 Å². The highest BCUT2D eigenvalue weighted by Gasteiger charge is 2.29. The molecule has 2 aromatic rings. The third-order valence-electron chi connectivity index (χ3n) is 5.56. The SMILES string of the molecule is CC(C)(C)c1[nH]ncc1CN1CC[C@H](n2cnc3c2CCCC3)C1. The van der Waals surface area contributed by atoms with Crippen LogP contribution in [0.1, 0.15) is 68.7 Å². The number of imidazole rings is 1. The molecule has 0 aromatic carbocycles. The van der Waals surface area contributed by atoms with Crippen molar-refractivity contribution >= 4 is 0 Å². The van der Waals surface area contributed by atoms with E-state index in [1.54, 1.807) is 0 Å². The molecule has 130 valence electrons. The second-order valence-corrected chi connectivity index (χ2v) is 8.45. The lowest BCUT2D eigenvalue weighted by Gasteiger charge is -2.22. The molecule has 1 N–H and O–H groups in total. The van der Waals surface area contributed by atoms with Gasteiger partial charge in [-0.15, -0.1) is 0 Å². The summed E-state index contributed by atoms with van der Waals surface area (Å²) in [5, 5.41) is 7.50. The predicted molar refractivity (Wildman–Crippen MR) is 95.1 cm³/mol. The molecule has 1 atom stereocenters. The molecule has 5 nitrogen and oxygen atoms in total. The van der Waals surface area contributed by atoms with Crippen molar-refractivity contribution in [2.75, 3.05) is 13.1 Å². The Morgan fingerprint density at radius 1 is 1.25 bits per heavy atom. The van der Waals surface area contributed by atoms with Gasteiger partial charge < -0.3 is 4.57 Å². The van der Waals surface area contributed by atoms with E-state index < -0.39 is 0 Å². The maximum Gasteiger partial charge on any atom is 0.0954 e. The molecular weight excluding hydrogens is 298 g/mol. The number of H-pyrrole nitrogens is 1. The molecule has 5 heteroatoms. The van der Waals surface area contributed by atoms with E-state index in [4.69, 9.17) is 0 Å². The molecule has 0 amide bonds. The lowest BCUT2D eigenvalue weighted by molar-refractivity contribution is 0.312. The minimum Gasteiger partial charge on any atom is -0.330 e. The molecule has 1 saturated heterocycles. The van der Waals surface area contributed by atoms with Crippen molar-refractivity contribution in [3.05, 3.63) is 35.2 Å². The maximum atomic E-state index is 4.68. The Hall–Kier alpha value is -1.62. The van der Waals surface area contributed by atoms with E-state index in [1.807, 2.05) is 6.20 Å². The Morgan fingerprint density at radius 2 is 2.08 bits per heavy atom. The average Bonchev–Trinajstić information content (AvgIpc) is 3.25. The van der Waals surface area contributed by atoms with Gasteiger partial charge in [-0.25, -0.2) is 4.98 Å². The molecule has 0 radical (unpaired) electrons. The van der Waals surface area contributed by atoms with Gasteiger partial charge >= 0.3 is 0 Å². The molecule has 4 rings (SSSR count). The van der Waals surface area contributed by atoms with Crippen molar-refractivity contribution in [2.24, 2.45) is 0 Å². The lowest BCUT2D eigenvalue weighted by Crippen LogP contribution is -2.24. The molecule has 3 heterocycles. The molecule has 0 unspecified atom stereocenters. The summed E-state index contributed by atoms with van der Waals surface area (Å²) in [4.78, 5) is 7.25. The number of nitrogens with zero attached hydrogens (tertiary/aromatic N) is 4. The summed E-state index contributed by atoms with van der Waals surface area (Å²) in [6.07, 6.45) is 10.3. The van der Waals surface area contributed by atoms with E-state index in [9.17, 15) is 0 Å². The van der Waals surface area contributed by atoms with Crippen LogP contribution in [-0.4, -0.2) is 37.7 Å². The fourth-order valence-corrected chi connectivity index (χ4v) is 4.31. The van der Waals surface area contributed by atoms with E-state index in [2.05, 4.69) is 51.7 Å².